The van der Waals surface area contributed by atoms with E-state index in [0.717, 1.165) is 28.9 Å². The zero-order chi connectivity index (χ0) is 22.3. The number of carboxylic acids is 1. The Morgan fingerprint density at radius 1 is 1.00 bits per heavy atom. The summed E-state index contributed by atoms with van der Waals surface area (Å²) < 4.78 is 0. The number of amides is 1. The molecule has 4 nitrogen and oxygen atoms in total. The molecule has 0 bridgehead atoms. The molecule has 0 aliphatic heterocycles. The number of aliphatic carboxylic acids is 1. The smallest absolute Gasteiger partial charge is 0.305 e. The Labute approximate surface area is 190 Å². The van der Waals surface area contributed by atoms with Crippen LogP contribution in [0.5, 0.6) is 0 Å². The van der Waals surface area contributed by atoms with Crippen LogP contribution in [0.1, 0.15) is 51.9 Å². The lowest BCUT2D eigenvalue weighted by molar-refractivity contribution is -0.137. The number of carbonyl (C=O) groups excluding carboxylic acids is 1. The second-order valence-electron chi connectivity index (χ2n) is 7.59. The standard InChI is InChI=1S/C26H33NO3S/c1-2-3-4-5-6-7-11-17-25(28)27-23(19-26(29)30)20-31-24-16-12-15-22(18-24)21-13-9-8-10-14-21/h7-16,18,23H,2-6,17,19-20H2,1H3,(H,27,28)(H,29,30)/t23-/m0/s1. The average molecular weight is 440 g/mol. The fraction of sp³-hybridized carbons (Fsp3) is 0.385. The van der Waals surface area contributed by atoms with Gasteiger partial charge in [-0.25, -0.2) is 0 Å². The molecule has 0 aliphatic rings. The predicted octanol–water partition coefficient (Wildman–Crippen LogP) is 6.32. The van der Waals surface area contributed by atoms with Crippen molar-refractivity contribution in [3.63, 3.8) is 0 Å². The summed E-state index contributed by atoms with van der Waals surface area (Å²) >= 11 is 1.56. The molecule has 0 saturated carbocycles. The highest BCUT2D eigenvalue weighted by molar-refractivity contribution is 7.99. The normalized spacial score (nSPS) is 12.0. The summed E-state index contributed by atoms with van der Waals surface area (Å²) in [5.41, 5.74) is 2.26. The minimum Gasteiger partial charge on any atom is -0.481 e. The first kappa shape index (κ1) is 24.7. The van der Waals surface area contributed by atoms with Crippen molar-refractivity contribution in [3.05, 3.63) is 66.7 Å². The Hall–Kier alpha value is -2.53. The molecule has 2 rings (SSSR count). The van der Waals surface area contributed by atoms with Crippen molar-refractivity contribution in [1.29, 1.82) is 0 Å². The van der Waals surface area contributed by atoms with Gasteiger partial charge in [-0.3, -0.25) is 9.59 Å². The molecular formula is C26H33NO3S. The van der Waals surface area contributed by atoms with Crippen molar-refractivity contribution in [1.82, 2.24) is 5.32 Å². The van der Waals surface area contributed by atoms with E-state index in [4.69, 9.17) is 0 Å². The van der Waals surface area contributed by atoms with Crippen LogP contribution in [-0.2, 0) is 9.59 Å². The largest absolute Gasteiger partial charge is 0.481 e. The van der Waals surface area contributed by atoms with Crippen LogP contribution < -0.4 is 5.32 Å². The van der Waals surface area contributed by atoms with Gasteiger partial charge < -0.3 is 10.4 Å². The minimum absolute atomic E-state index is 0.0855. The molecule has 166 valence electrons. The molecular weight excluding hydrogens is 406 g/mol. The van der Waals surface area contributed by atoms with Gasteiger partial charge in [-0.2, -0.15) is 0 Å². The lowest BCUT2D eigenvalue weighted by Gasteiger charge is -2.16. The van der Waals surface area contributed by atoms with E-state index in [-0.39, 0.29) is 18.7 Å². The summed E-state index contributed by atoms with van der Waals surface area (Å²) in [6.07, 6.45) is 9.95. The molecule has 0 heterocycles. The molecule has 0 aliphatic carbocycles. The maximum atomic E-state index is 12.3. The van der Waals surface area contributed by atoms with Crippen LogP contribution in [0.3, 0.4) is 0 Å². The van der Waals surface area contributed by atoms with E-state index in [0.29, 0.717) is 5.75 Å². The second kappa shape index (κ2) is 14.5. The molecule has 0 unspecified atom stereocenters. The Morgan fingerprint density at radius 2 is 1.77 bits per heavy atom. The summed E-state index contributed by atoms with van der Waals surface area (Å²) in [5, 5.41) is 12.1. The van der Waals surface area contributed by atoms with Gasteiger partial charge in [-0.1, -0.05) is 80.8 Å². The minimum atomic E-state index is -0.907. The van der Waals surface area contributed by atoms with E-state index in [9.17, 15) is 14.7 Å². The quantitative estimate of drug-likeness (QED) is 0.205. The van der Waals surface area contributed by atoms with Crippen LogP contribution in [-0.4, -0.2) is 28.8 Å². The predicted molar refractivity (Wildman–Crippen MR) is 129 cm³/mol. The molecule has 2 aromatic rings. The van der Waals surface area contributed by atoms with Crippen LogP contribution in [0.25, 0.3) is 11.1 Å². The van der Waals surface area contributed by atoms with Gasteiger partial charge in [0.15, 0.2) is 0 Å². The Kier molecular flexibility index (Phi) is 11.5. The number of rotatable bonds is 14. The van der Waals surface area contributed by atoms with Gasteiger partial charge in [0.2, 0.25) is 5.91 Å². The lowest BCUT2D eigenvalue weighted by Crippen LogP contribution is -2.38. The van der Waals surface area contributed by atoms with Crippen molar-refractivity contribution in [3.8, 4) is 11.1 Å². The number of carbonyl (C=O) groups is 2. The number of carboxylic acid groups (broad SMARTS) is 1. The number of benzene rings is 2. The molecule has 5 heteroatoms. The lowest BCUT2D eigenvalue weighted by atomic mass is 10.1. The van der Waals surface area contributed by atoms with Gasteiger partial charge >= 0.3 is 5.97 Å². The van der Waals surface area contributed by atoms with Gasteiger partial charge in [0.05, 0.1) is 6.42 Å². The van der Waals surface area contributed by atoms with E-state index < -0.39 is 12.0 Å². The number of nitrogens with one attached hydrogen (secondary N) is 1. The molecule has 31 heavy (non-hydrogen) atoms. The highest BCUT2D eigenvalue weighted by Gasteiger charge is 2.16. The van der Waals surface area contributed by atoms with Crippen molar-refractivity contribution in [2.45, 2.75) is 62.8 Å². The number of thioether (sulfide) groups is 1. The van der Waals surface area contributed by atoms with Crippen molar-refractivity contribution in [2.75, 3.05) is 5.75 Å². The fourth-order valence-electron chi connectivity index (χ4n) is 3.24. The summed E-state index contributed by atoms with van der Waals surface area (Å²) in [4.78, 5) is 24.6. The molecule has 0 saturated heterocycles. The summed E-state index contributed by atoms with van der Waals surface area (Å²) in [7, 11) is 0. The van der Waals surface area contributed by atoms with Gasteiger partial charge in [-0.05, 0) is 36.1 Å². The van der Waals surface area contributed by atoms with Crippen LogP contribution in [0.15, 0.2) is 71.6 Å². The van der Waals surface area contributed by atoms with E-state index >= 15 is 0 Å². The summed E-state index contributed by atoms with van der Waals surface area (Å²) in [6.45, 7) is 2.19. The van der Waals surface area contributed by atoms with Crippen LogP contribution >= 0.6 is 11.8 Å². The monoisotopic (exact) mass is 439 g/mol. The molecule has 0 fully saturated rings. The highest BCUT2D eigenvalue weighted by atomic mass is 32.2. The number of unbranched alkanes of at least 4 members (excludes halogenated alkanes) is 4. The number of hydrogen-bond acceptors (Lipinski definition) is 3. The zero-order valence-electron chi connectivity index (χ0n) is 18.3. The van der Waals surface area contributed by atoms with Gasteiger partial charge in [0.1, 0.15) is 0 Å². The van der Waals surface area contributed by atoms with Crippen LogP contribution in [0, 0.1) is 0 Å². The van der Waals surface area contributed by atoms with E-state index in [1.807, 2.05) is 42.5 Å². The Bertz CT molecular complexity index is 836. The van der Waals surface area contributed by atoms with Gasteiger partial charge in [0, 0.05) is 23.1 Å². The van der Waals surface area contributed by atoms with Crippen molar-refractivity contribution in [2.24, 2.45) is 0 Å². The zero-order valence-corrected chi connectivity index (χ0v) is 19.1. The van der Waals surface area contributed by atoms with Gasteiger partial charge in [-0.15, -0.1) is 11.8 Å². The maximum absolute atomic E-state index is 12.3. The third kappa shape index (κ3) is 10.4. The first-order valence-corrected chi connectivity index (χ1v) is 12.0. The first-order valence-electron chi connectivity index (χ1n) is 11.0. The molecule has 0 spiro atoms. The molecule has 0 radical (unpaired) electrons. The molecule has 1 atom stereocenters. The second-order valence-corrected chi connectivity index (χ2v) is 8.69. The first-order chi connectivity index (χ1) is 15.1. The third-order valence-electron chi connectivity index (χ3n) is 4.87. The number of allylic oxidation sites excluding steroid dienone is 1. The van der Waals surface area contributed by atoms with Crippen LogP contribution in [0.2, 0.25) is 0 Å². The average Bonchev–Trinajstić information content (AvgIpc) is 2.77. The topological polar surface area (TPSA) is 66.4 Å². The van der Waals surface area contributed by atoms with Crippen LogP contribution in [0.4, 0.5) is 0 Å². The Balaban J connectivity index is 1.85. The van der Waals surface area contributed by atoms with E-state index in [1.165, 1.54) is 19.3 Å². The molecule has 2 aromatic carbocycles. The number of hydrogen-bond donors (Lipinski definition) is 2. The third-order valence-corrected chi connectivity index (χ3v) is 6.03. The molecule has 0 aromatic heterocycles. The van der Waals surface area contributed by atoms with E-state index in [1.54, 1.807) is 11.8 Å². The summed E-state index contributed by atoms with van der Waals surface area (Å²) in [5.74, 6) is -0.526. The van der Waals surface area contributed by atoms with E-state index in [2.05, 4.69) is 36.5 Å². The van der Waals surface area contributed by atoms with Crippen molar-refractivity contribution < 1.29 is 14.7 Å². The van der Waals surface area contributed by atoms with Gasteiger partial charge in [0.25, 0.3) is 0 Å². The Morgan fingerprint density at radius 3 is 2.52 bits per heavy atom. The maximum Gasteiger partial charge on any atom is 0.305 e. The fourth-order valence-corrected chi connectivity index (χ4v) is 4.22. The molecule has 2 N–H and O–H groups in total. The molecule has 1 amide bonds. The summed E-state index contributed by atoms with van der Waals surface area (Å²) in [6, 6.07) is 17.9. The van der Waals surface area contributed by atoms with Crippen molar-refractivity contribution >= 4 is 23.6 Å². The SMILES string of the molecule is CCCCCCC=CCC(=O)N[C@H](CSc1cccc(-c2ccccc2)c1)CC(=O)O. The highest BCUT2D eigenvalue weighted by Crippen LogP contribution is 2.26.